The maximum atomic E-state index is 11.2. The minimum atomic E-state index is -0.673. The molecule has 1 fully saturated rings. The van der Waals surface area contributed by atoms with E-state index < -0.39 is 5.97 Å². The zero-order valence-electron chi connectivity index (χ0n) is 14.6. The third kappa shape index (κ3) is 3.03. The molecule has 0 aliphatic carbocycles. The van der Waals surface area contributed by atoms with Crippen molar-refractivity contribution >= 4 is 28.2 Å². The number of carbonyl (C=O) groups is 1. The van der Waals surface area contributed by atoms with Gasteiger partial charge in [0.15, 0.2) is 0 Å². The number of carboxylic acids is 1. The van der Waals surface area contributed by atoms with Gasteiger partial charge in [0.05, 0.1) is 17.8 Å². The van der Waals surface area contributed by atoms with Crippen molar-refractivity contribution in [2.75, 3.05) is 37.0 Å². The molecule has 0 bridgehead atoms. The van der Waals surface area contributed by atoms with Gasteiger partial charge < -0.3 is 14.9 Å². The number of fused-ring (bicyclic) bond motifs is 1. The minimum absolute atomic E-state index is 0.215. The van der Waals surface area contributed by atoms with Crippen molar-refractivity contribution in [3.05, 3.63) is 30.0 Å². The maximum Gasteiger partial charge on any atom is 0.306 e. The van der Waals surface area contributed by atoms with Crippen LogP contribution in [0.25, 0.3) is 10.8 Å². The third-order valence-electron chi connectivity index (χ3n) is 4.93. The molecule has 0 saturated carbocycles. The molecule has 1 aliphatic rings. The number of pyridine rings is 1. The van der Waals surface area contributed by atoms with Gasteiger partial charge in [-0.1, -0.05) is 19.1 Å². The Morgan fingerprint density at radius 2 is 2.00 bits per heavy atom. The van der Waals surface area contributed by atoms with Gasteiger partial charge >= 0.3 is 5.97 Å². The van der Waals surface area contributed by atoms with Crippen molar-refractivity contribution in [3.8, 4) is 0 Å². The molecule has 1 saturated heterocycles. The Bertz CT molecular complexity index is 750. The first-order valence-electron chi connectivity index (χ1n) is 8.58. The molecular formula is C19H25N3O2. The van der Waals surface area contributed by atoms with E-state index in [0.717, 1.165) is 36.4 Å². The molecule has 24 heavy (non-hydrogen) atoms. The van der Waals surface area contributed by atoms with Crippen LogP contribution in [-0.4, -0.2) is 43.2 Å². The van der Waals surface area contributed by atoms with Gasteiger partial charge in [0, 0.05) is 38.0 Å². The first-order valence-corrected chi connectivity index (χ1v) is 8.58. The summed E-state index contributed by atoms with van der Waals surface area (Å²) < 4.78 is 0. The first kappa shape index (κ1) is 16.6. The van der Waals surface area contributed by atoms with E-state index in [9.17, 15) is 9.90 Å². The molecule has 2 heterocycles. The van der Waals surface area contributed by atoms with Gasteiger partial charge in [-0.25, -0.2) is 4.98 Å². The molecular weight excluding hydrogens is 302 g/mol. The SMILES string of the molecule is CCc1ccc2c(N3CCC(C(=O)O)CC3)cnc(N(C)C)c2c1. The fraction of sp³-hybridized carbons (Fsp3) is 0.474. The van der Waals surface area contributed by atoms with Crippen LogP contribution in [-0.2, 0) is 11.2 Å². The van der Waals surface area contributed by atoms with Gasteiger partial charge in [0.2, 0.25) is 0 Å². The predicted molar refractivity (Wildman–Crippen MR) is 98.0 cm³/mol. The lowest BCUT2D eigenvalue weighted by Gasteiger charge is -2.33. The maximum absolute atomic E-state index is 11.2. The van der Waals surface area contributed by atoms with Crippen LogP contribution in [0, 0.1) is 5.92 Å². The fourth-order valence-corrected chi connectivity index (χ4v) is 3.46. The van der Waals surface area contributed by atoms with Gasteiger partial charge in [-0.05, 0) is 30.9 Å². The highest BCUT2D eigenvalue weighted by Crippen LogP contribution is 2.34. The smallest absolute Gasteiger partial charge is 0.306 e. The second kappa shape index (κ2) is 6.67. The Kier molecular flexibility index (Phi) is 4.60. The molecule has 128 valence electrons. The number of rotatable bonds is 4. The number of aryl methyl sites for hydroxylation is 1. The van der Waals surface area contributed by atoms with Crippen molar-refractivity contribution in [2.24, 2.45) is 5.92 Å². The van der Waals surface area contributed by atoms with Crippen molar-refractivity contribution in [2.45, 2.75) is 26.2 Å². The van der Waals surface area contributed by atoms with Gasteiger partial charge in [0.1, 0.15) is 5.82 Å². The highest BCUT2D eigenvalue weighted by atomic mass is 16.4. The number of hydrogen-bond donors (Lipinski definition) is 1. The largest absolute Gasteiger partial charge is 0.481 e. The van der Waals surface area contributed by atoms with Crippen LogP contribution >= 0.6 is 0 Å². The molecule has 1 aromatic carbocycles. The number of benzene rings is 1. The molecule has 0 amide bonds. The van der Waals surface area contributed by atoms with E-state index in [2.05, 4.69) is 35.0 Å². The number of hydrogen-bond acceptors (Lipinski definition) is 4. The van der Waals surface area contributed by atoms with E-state index in [1.165, 1.54) is 10.9 Å². The van der Waals surface area contributed by atoms with Crippen molar-refractivity contribution in [3.63, 3.8) is 0 Å². The van der Waals surface area contributed by atoms with E-state index in [1.807, 2.05) is 25.2 Å². The highest BCUT2D eigenvalue weighted by molar-refractivity contribution is 6.00. The molecule has 1 N–H and O–H groups in total. The standard InChI is InChI=1S/C19H25N3O2/c1-4-13-5-6-15-16(11-13)18(21(2)3)20-12-17(15)22-9-7-14(8-10-22)19(23)24/h5-6,11-12,14H,4,7-10H2,1-3H3,(H,23,24). The average molecular weight is 327 g/mol. The van der Waals surface area contributed by atoms with Crippen LogP contribution in [0.5, 0.6) is 0 Å². The Hall–Kier alpha value is -2.30. The van der Waals surface area contributed by atoms with Crippen LogP contribution in [0.2, 0.25) is 0 Å². The zero-order chi connectivity index (χ0) is 17.3. The van der Waals surface area contributed by atoms with Crippen LogP contribution in [0.3, 0.4) is 0 Å². The summed E-state index contributed by atoms with van der Waals surface area (Å²) in [7, 11) is 4.02. The molecule has 0 spiro atoms. The molecule has 5 heteroatoms. The van der Waals surface area contributed by atoms with E-state index in [0.29, 0.717) is 12.8 Å². The topological polar surface area (TPSA) is 56.7 Å². The lowest BCUT2D eigenvalue weighted by molar-refractivity contribution is -0.142. The van der Waals surface area contributed by atoms with E-state index >= 15 is 0 Å². The van der Waals surface area contributed by atoms with E-state index in [1.54, 1.807) is 0 Å². The molecule has 0 atom stereocenters. The molecule has 5 nitrogen and oxygen atoms in total. The number of nitrogens with zero attached hydrogens (tertiary/aromatic N) is 3. The minimum Gasteiger partial charge on any atom is -0.481 e. The Labute approximate surface area is 142 Å². The Balaban J connectivity index is 2.00. The van der Waals surface area contributed by atoms with E-state index in [4.69, 9.17) is 0 Å². The molecule has 0 radical (unpaired) electrons. The molecule has 1 aromatic heterocycles. The number of carboxylic acid groups (broad SMARTS) is 1. The summed E-state index contributed by atoms with van der Waals surface area (Å²) in [6, 6.07) is 6.59. The summed E-state index contributed by atoms with van der Waals surface area (Å²) >= 11 is 0. The normalized spacial score (nSPS) is 15.7. The highest BCUT2D eigenvalue weighted by Gasteiger charge is 2.26. The van der Waals surface area contributed by atoms with Gasteiger partial charge in [-0.15, -0.1) is 0 Å². The summed E-state index contributed by atoms with van der Waals surface area (Å²) in [5.74, 6) is 0.0888. The van der Waals surface area contributed by atoms with Gasteiger partial charge in [-0.2, -0.15) is 0 Å². The van der Waals surface area contributed by atoms with Crippen molar-refractivity contribution in [1.29, 1.82) is 0 Å². The van der Waals surface area contributed by atoms with Crippen molar-refractivity contribution in [1.82, 2.24) is 4.98 Å². The lowest BCUT2D eigenvalue weighted by Crippen LogP contribution is -2.36. The summed E-state index contributed by atoms with van der Waals surface area (Å²) in [6.07, 6.45) is 4.32. The predicted octanol–water partition coefficient (Wildman–Crippen LogP) is 3.16. The lowest BCUT2D eigenvalue weighted by atomic mass is 9.96. The first-order chi connectivity index (χ1) is 11.5. The summed E-state index contributed by atoms with van der Waals surface area (Å²) in [6.45, 7) is 3.69. The molecule has 1 aliphatic heterocycles. The number of anilines is 2. The summed E-state index contributed by atoms with van der Waals surface area (Å²) in [5, 5.41) is 11.5. The van der Waals surface area contributed by atoms with Gasteiger partial charge in [0.25, 0.3) is 0 Å². The second-order valence-electron chi connectivity index (χ2n) is 6.69. The molecule has 2 aromatic rings. The van der Waals surface area contributed by atoms with E-state index in [-0.39, 0.29) is 5.92 Å². The molecule has 0 unspecified atom stereocenters. The number of aliphatic carboxylic acids is 1. The fourth-order valence-electron chi connectivity index (χ4n) is 3.46. The Morgan fingerprint density at radius 1 is 1.29 bits per heavy atom. The number of aromatic nitrogens is 1. The quantitative estimate of drug-likeness (QED) is 0.935. The average Bonchev–Trinajstić information content (AvgIpc) is 2.60. The third-order valence-corrected chi connectivity index (χ3v) is 4.93. The molecule has 3 rings (SSSR count). The van der Waals surface area contributed by atoms with Crippen LogP contribution in [0.15, 0.2) is 24.4 Å². The Morgan fingerprint density at radius 3 is 2.58 bits per heavy atom. The van der Waals surface area contributed by atoms with Crippen LogP contribution < -0.4 is 9.80 Å². The number of piperidine rings is 1. The van der Waals surface area contributed by atoms with Crippen LogP contribution in [0.1, 0.15) is 25.3 Å². The zero-order valence-corrected chi connectivity index (χ0v) is 14.6. The monoisotopic (exact) mass is 327 g/mol. The summed E-state index contributed by atoms with van der Waals surface area (Å²) in [5.41, 5.74) is 2.41. The van der Waals surface area contributed by atoms with Gasteiger partial charge in [-0.3, -0.25) is 4.79 Å². The van der Waals surface area contributed by atoms with Crippen LogP contribution in [0.4, 0.5) is 11.5 Å². The van der Waals surface area contributed by atoms with Crippen molar-refractivity contribution < 1.29 is 9.90 Å². The summed E-state index contributed by atoms with van der Waals surface area (Å²) in [4.78, 5) is 20.2. The second-order valence-corrected chi connectivity index (χ2v) is 6.69.